The second kappa shape index (κ2) is 10.3. The Balaban J connectivity index is 1.88. The molecule has 2 aromatic rings. The second-order valence-corrected chi connectivity index (χ2v) is 7.67. The molecule has 1 aliphatic rings. The summed E-state index contributed by atoms with van der Waals surface area (Å²) in [6.45, 7) is 12.9. The molecular weight excluding hydrogens is 377 g/mol. The van der Waals surface area contributed by atoms with Gasteiger partial charge in [-0.15, -0.1) is 0 Å². The third-order valence-electron chi connectivity index (χ3n) is 5.44. The van der Waals surface area contributed by atoms with E-state index in [1.165, 1.54) is 23.0 Å². The number of rotatable bonds is 7. The van der Waals surface area contributed by atoms with Crippen LogP contribution in [-0.2, 0) is 6.54 Å². The van der Waals surface area contributed by atoms with Gasteiger partial charge in [-0.05, 0) is 50.5 Å². The number of nitrogens with zero attached hydrogens (tertiary/aromatic N) is 3. The molecule has 0 bridgehead atoms. The predicted octanol–water partition coefficient (Wildman–Crippen LogP) is 4.30. The van der Waals surface area contributed by atoms with Gasteiger partial charge in [0.05, 0.1) is 16.9 Å². The summed E-state index contributed by atoms with van der Waals surface area (Å²) in [5, 5.41) is 6.97. The van der Waals surface area contributed by atoms with Crippen LogP contribution < -0.4 is 10.6 Å². The third-order valence-corrected chi connectivity index (χ3v) is 5.44. The first-order valence-corrected chi connectivity index (χ1v) is 10.7. The van der Waals surface area contributed by atoms with Gasteiger partial charge in [0.25, 0.3) is 0 Å². The standard InChI is InChI=1S/C24H32FN5/c1-5-17(3)13-18(4)24(30-11-9-26-10-12-30)21(6-2)29-16-19-14-20(25)23-22(15-19)27-7-8-28-23/h6-8,13-15,26,29H,5,9-12,16H2,1-4H3/b17-13+,21-6+,24-18+. The summed E-state index contributed by atoms with van der Waals surface area (Å²) in [6, 6.07) is 3.44. The van der Waals surface area contributed by atoms with Crippen molar-refractivity contribution in [3.05, 3.63) is 70.6 Å². The van der Waals surface area contributed by atoms with Crippen LogP contribution in [0.25, 0.3) is 11.0 Å². The van der Waals surface area contributed by atoms with E-state index in [1.807, 2.05) is 13.0 Å². The minimum atomic E-state index is -0.338. The van der Waals surface area contributed by atoms with Crippen LogP contribution in [0, 0.1) is 5.82 Å². The van der Waals surface area contributed by atoms with Crippen LogP contribution in [-0.4, -0.2) is 41.0 Å². The molecule has 1 aromatic heterocycles. The molecule has 160 valence electrons. The van der Waals surface area contributed by atoms with Crippen molar-refractivity contribution in [2.75, 3.05) is 26.2 Å². The van der Waals surface area contributed by atoms with Crippen molar-refractivity contribution in [1.29, 1.82) is 0 Å². The molecule has 2 heterocycles. The summed E-state index contributed by atoms with van der Waals surface area (Å²) < 4.78 is 14.4. The molecule has 0 saturated carbocycles. The molecule has 0 unspecified atom stereocenters. The van der Waals surface area contributed by atoms with E-state index >= 15 is 0 Å². The van der Waals surface area contributed by atoms with Crippen molar-refractivity contribution in [3.8, 4) is 0 Å². The van der Waals surface area contributed by atoms with Gasteiger partial charge in [-0.2, -0.15) is 0 Å². The van der Waals surface area contributed by atoms with Crippen molar-refractivity contribution in [2.45, 2.75) is 40.7 Å². The zero-order valence-corrected chi connectivity index (χ0v) is 18.4. The molecule has 0 aliphatic carbocycles. The summed E-state index contributed by atoms with van der Waals surface area (Å²) in [4.78, 5) is 10.8. The molecular formula is C24H32FN5. The first-order valence-electron chi connectivity index (χ1n) is 10.7. The van der Waals surface area contributed by atoms with Gasteiger partial charge in [0.2, 0.25) is 0 Å². The van der Waals surface area contributed by atoms with E-state index in [2.05, 4.69) is 58.4 Å². The van der Waals surface area contributed by atoms with Crippen molar-refractivity contribution in [1.82, 2.24) is 25.5 Å². The van der Waals surface area contributed by atoms with Crippen LogP contribution in [0.1, 0.15) is 39.7 Å². The lowest BCUT2D eigenvalue weighted by molar-refractivity contribution is 0.299. The first-order chi connectivity index (χ1) is 14.5. The number of halogens is 1. The molecule has 1 saturated heterocycles. The maximum atomic E-state index is 14.4. The molecule has 0 radical (unpaired) electrons. The van der Waals surface area contributed by atoms with E-state index in [9.17, 15) is 4.39 Å². The zero-order chi connectivity index (χ0) is 21.5. The number of nitrogens with one attached hydrogen (secondary N) is 2. The molecule has 1 fully saturated rings. The summed E-state index contributed by atoms with van der Waals surface area (Å²) in [5.74, 6) is -0.338. The smallest absolute Gasteiger partial charge is 0.151 e. The summed E-state index contributed by atoms with van der Waals surface area (Å²) in [7, 11) is 0. The first kappa shape index (κ1) is 22.0. The fourth-order valence-corrected chi connectivity index (χ4v) is 3.77. The Morgan fingerprint density at radius 1 is 1.20 bits per heavy atom. The fraction of sp³-hybridized carbons (Fsp3) is 0.417. The minimum absolute atomic E-state index is 0.310. The molecule has 0 spiro atoms. The number of fused-ring (bicyclic) bond motifs is 1. The normalized spacial score (nSPS) is 16.6. The van der Waals surface area contributed by atoms with Crippen molar-refractivity contribution in [3.63, 3.8) is 0 Å². The number of aromatic nitrogens is 2. The third kappa shape index (κ3) is 5.25. The summed E-state index contributed by atoms with van der Waals surface area (Å²) in [6.07, 6.45) is 8.51. The Kier molecular flexibility index (Phi) is 7.57. The van der Waals surface area contributed by atoms with E-state index in [4.69, 9.17) is 0 Å². The average molecular weight is 410 g/mol. The summed E-state index contributed by atoms with van der Waals surface area (Å²) in [5.41, 5.74) is 6.61. The van der Waals surface area contributed by atoms with Gasteiger partial charge >= 0.3 is 0 Å². The van der Waals surface area contributed by atoms with Crippen LogP contribution >= 0.6 is 0 Å². The van der Waals surface area contributed by atoms with Crippen LogP contribution in [0.4, 0.5) is 4.39 Å². The number of hydrogen-bond donors (Lipinski definition) is 2. The van der Waals surface area contributed by atoms with Crippen LogP contribution in [0.2, 0.25) is 0 Å². The van der Waals surface area contributed by atoms with Crippen LogP contribution in [0.3, 0.4) is 0 Å². The topological polar surface area (TPSA) is 53.1 Å². The number of piperazine rings is 1. The maximum absolute atomic E-state index is 14.4. The van der Waals surface area contributed by atoms with Gasteiger partial charge in [-0.25, -0.2) is 9.37 Å². The molecule has 30 heavy (non-hydrogen) atoms. The van der Waals surface area contributed by atoms with E-state index in [-0.39, 0.29) is 5.82 Å². The lowest BCUT2D eigenvalue weighted by Crippen LogP contribution is -2.44. The quantitative estimate of drug-likeness (QED) is 0.668. The van der Waals surface area contributed by atoms with E-state index in [0.29, 0.717) is 17.6 Å². The highest BCUT2D eigenvalue weighted by Gasteiger charge is 2.18. The zero-order valence-electron chi connectivity index (χ0n) is 18.4. The number of allylic oxidation sites excluding steroid dienone is 4. The highest BCUT2D eigenvalue weighted by Crippen LogP contribution is 2.22. The Hall–Kier alpha value is -2.73. The highest BCUT2D eigenvalue weighted by molar-refractivity contribution is 5.75. The van der Waals surface area contributed by atoms with Crippen molar-refractivity contribution < 1.29 is 4.39 Å². The van der Waals surface area contributed by atoms with Gasteiger partial charge < -0.3 is 15.5 Å². The molecule has 3 rings (SSSR count). The van der Waals surface area contributed by atoms with Gasteiger partial charge in [0.15, 0.2) is 5.82 Å². The molecule has 1 aromatic carbocycles. The molecule has 1 aliphatic heterocycles. The monoisotopic (exact) mass is 409 g/mol. The number of hydrogen-bond acceptors (Lipinski definition) is 5. The highest BCUT2D eigenvalue weighted by atomic mass is 19.1. The maximum Gasteiger partial charge on any atom is 0.151 e. The Morgan fingerprint density at radius 3 is 2.63 bits per heavy atom. The molecule has 0 atom stereocenters. The molecule has 0 amide bonds. The Labute approximate surface area is 178 Å². The summed E-state index contributed by atoms with van der Waals surface area (Å²) >= 11 is 0. The van der Waals surface area contributed by atoms with E-state index in [1.54, 1.807) is 12.3 Å². The predicted molar refractivity (Wildman–Crippen MR) is 121 cm³/mol. The van der Waals surface area contributed by atoms with Crippen molar-refractivity contribution in [2.24, 2.45) is 0 Å². The number of benzene rings is 1. The van der Waals surface area contributed by atoms with Gasteiger partial charge in [0.1, 0.15) is 5.52 Å². The lowest BCUT2D eigenvalue weighted by Gasteiger charge is -2.34. The van der Waals surface area contributed by atoms with Crippen LogP contribution in [0.15, 0.2) is 59.2 Å². The van der Waals surface area contributed by atoms with E-state index in [0.717, 1.165) is 43.9 Å². The largest absolute Gasteiger partial charge is 0.380 e. The van der Waals surface area contributed by atoms with Gasteiger partial charge in [-0.1, -0.05) is 24.6 Å². The Morgan fingerprint density at radius 2 is 1.93 bits per heavy atom. The fourth-order valence-electron chi connectivity index (χ4n) is 3.77. The van der Waals surface area contributed by atoms with Gasteiger partial charge in [0, 0.05) is 45.1 Å². The SMILES string of the molecule is C\C=C(NCc1cc(F)c2nccnc2c1)/C(=C(C)\C=C(/C)CC)N1CCNCC1. The molecule has 5 nitrogen and oxygen atoms in total. The second-order valence-electron chi connectivity index (χ2n) is 7.67. The lowest BCUT2D eigenvalue weighted by atomic mass is 10.1. The molecule has 6 heteroatoms. The van der Waals surface area contributed by atoms with Crippen molar-refractivity contribution >= 4 is 11.0 Å². The van der Waals surface area contributed by atoms with Crippen LogP contribution in [0.5, 0.6) is 0 Å². The average Bonchev–Trinajstić information content (AvgIpc) is 2.77. The molecule has 2 N–H and O–H groups in total. The van der Waals surface area contributed by atoms with Gasteiger partial charge in [-0.3, -0.25) is 4.98 Å². The van der Waals surface area contributed by atoms with E-state index < -0.39 is 0 Å². The minimum Gasteiger partial charge on any atom is -0.380 e. The Bertz CT molecular complexity index is 971.